The van der Waals surface area contributed by atoms with E-state index < -0.39 is 0 Å². The summed E-state index contributed by atoms with van der Waals surface area (Å²) >= 11 is 0. The van der Waals surface area contributed by atoms with Gasteiger partial charge in [-0.15, -0.1) is 0 Å². The average Bonchev–Trinajstić information content (AvgIpc) is 3.92. The normalized spacial score (nSPS) is 13.3. The van der Waals surface area contributed by atoms with Gasteiger partial charge in [0.25, 0.3) is 5.56 Å². The van der Waals surface area contributed by atoms with Crippen LogP contribution in [0.5, 0.6) is 0 Å². The van der Waals surface area contributed by atoms with Crippen LogP contribution in [0.2, 0.25) is 0 Å². The van der Waals surface area contributed by atoms with Gasteiger partial charge in [-0.3, -0.25) is 9.20 Å². The minimum absolute atomic E-state index is 0.0123. The zero-order valence-electron chi connectivity index (χ0n) is 33.8. The third-order valence-corrected chi connectivity index (χ3v) is 13.6. The molecule has 3 aromatic heterocycles. The highest BCUT2D eigenvalue weighted by Gasteiger charge is 2.37. The monoisotopic (exact) mass is 778 g/mol. The summed E-state index contributed by atoms with van der Waals surface area (Å²) in [6.45, 7) is 4.71. The van der Waals surface area contributed by atoms with Gasteiger partial charge in [0.2, 0.25) is 0 Å². The van der Waals surface area contributed by atoms with E-state index in [1.807, 2.05) is 16.5 Å². The lowest BCUT2D eigenvalue weighted by atomic mass is 9.82. The Balaban J connectivity index is 1.06. The first kappa shape index (κ1) is 34.1. The Bertz CT molecular complexity index is 3850. The molecule has 9 aromatic carbocycles. The zero-order valence-corrected chi connectivity index (χ0v) is 33.8. The summed E-state index contributed by atoms with van der Waals surface area (Å²) < 4.78 is 4.41. The second kappa shape index (κ2) is 12.4. The largest absolute Gasteiger partial charge is 0.309 e. The molecule has 0 spiro atoms. The molecule has 0 saturated carbocycles. The van der Waals surface area contributed by atoms with Gasteiger partial charge in [-0.25, -0.2) is 0 Å². The van der Waals surface area contributed by atoms with Gasteiger partial charge in [-0.2, -0.15) is 0 Å². The number of pyridine rings is 1. The molecule has 0 aliphatic heterocycles. The van der Waals surface area contributed by atoms with E-state index in [0.717, 1.165) is 77.0 Å². The molecule has 0 atom stereocenters. The lowest BCUT2D eigenvalue weighted by molar-refractivity contribution is 0.661. The maximum atomic E-state index is 14.5. The highest BCUT2D eigenvalue weighted by Crippen LogP contribution is 2.53. The van der Waals surface area contributed by atoms with Gasteiger partial charge in [-0.1, -0.05) is 153 Å². The molecular formula is C58H38N2O. The SMILES string of the molecule is CC1(C)c2ccccc2-c2c1ccc1c2c2ccccc2n1-c1cc(-c2ccccc2)cc(-c2ccc3c(c2)c2cccc4c5cc(-c6ccccc6)ccc5c(=O)n3c42)c1. The number of nitrogens with zero attached hydrogens (tertiary/aromatic N) is 2. The van der Waals surface area contributed by atoms with Gasteiger partial charge in [0.05, 0.1) is 22.1 Å². The molecule has 3 heteroatoms. The van der Waals surface area contributed by atoms with E-state index in [1.54, 1.807) is 0 Å². The Labute approximate surface area is 352 Å². The number of fused-ring (bicyclic) bond motifs is 12. The molecule has 0 radical (unpaired) electrons. The van der Waals surface area contributed by atoms with Crippen LogP contribution in [0, 0.1) is 0 Å². The van der Waals surface area contributed by atoms with E-state index in [9.17, 15) is 4.79 Å². The van der Waals surface area contributed by atoms with Crippen molar-refractivity contribution in [3.63, 3.8) is 0 Å². The summed E-state index contributed by atoms with van der Waals surface area (Å²) in [5.74, 6) is 0. The molecule has 1 aliphatic rings. The van der Waals surface area contributed by atoms with E-state index in [4.69, 9.17) is 0 Å². The second-order valence-corrected chi connectivity index (χ2v) is 17.2. The van der Waals surface area contributed by atoms with E-state index in [2.05, 4.69) is 200 Å². The van der Waals surface area contributed by atoms with E-state index in [1.165, 1.54) is 44.1 Å². The third-order valence-electron chi connectivity index (χ3n) is 13.6. The molecule has 13 rings (SSSR count). The number of aromatic nitrogens is 2. The van der Waals surface area contributed by atoms with Crippen molar-refractivity contribution in [1.82, 2.24) is 8.97 Å². The maximum Gasteiger partial charge on any atom is 0.263 e. The molecule has 0 saturated heterocycles. The number of hydrogen-bond donors (Lipinski definition) is 0. The van der Waals surface area contributed by atoms with Crippen LogP contribution < -0.4 is 5.56 Å². The first-order valence-corrected chi connectivity index (χ1v) is 21.1. The highest BCUT2D eigenvalue weighted by atomic mass is 16.1. The Morgan fingerprint density at radius 2 is 1.00 bits per heavy atom. The molecule has 0 bridgehead atoms. The summed E-state index contributed by atoms with van der Waals surface area (Å²) in [6.07, 6.45) is 0. The van der Waals surface area contributed by atoms with Crippen molar-refractivity contribution in [1.29, 1.82) is 0 Å². The Kier molecular flexibility index (Phi) is 6.93. The lowest BCUT2D eigenvalue weighted by Crippen LogP contribution is -2.14. The molecule has 0 amide bonds. The smallest absolute Gasteiger partial charge is 0.263 e. The molecule has 286 valence electrons. The standard InChI is InChI=1S/C58H38N2O/c1-58(2)49-22-11-9-18-45(49)54-50(58)27-29-53-55(54)46-19-10-12-23-51(46)59(53)41-31-39(36-16-7-4-8-17-36)30-40(32-41)38-25-28-52-48(34-38)43-21-13-20-42-47-33-37(35-14-5-3-6-15-35)24-26-44(47)57(61)60(52)56(42)43/h3-34H,1-2H3. The molecule has 3 nitrogen and oxygen atoms in total. The fourth-order valence-corrected chi connectivity index (χ4v) is 10.8. The molecule has 0 N–H and O–H groups in total. The van der Waals surface area contributed by atoms with Crippen molar-refractivity contribution < 1.29 is 0 Å². The predicted molar refractivity (Wildman–Crippen MR) is 256 cm³/mol. The maximum absolute atomic E-state index is 14.5. The van der Waals surface area contributed by atoms with Crippen molar-refractivity contribution in [2.24, 2.45) is 0 Å². The van der Waals surface area contributed by atoms with Crippen LogP contribution in [-0.2, 0) is 5.41 Å². The zero-order chi connectivity index (χ0) is 40.6. The second-order valence-electron chi connectivity index (χ2n) is 17.2. The van der Waals surface area contributed by atoms with Gasteiger partial charge in [0.15, 0.2) is 0 Å². The molecule has 0 fully saturated rings. The van der Waals surface area contributed by atoms with Crippen LogP contribution in [0.1, 0.15) is 25.0 Å². The molecule has 61 heavy (non-hydrogen) atoms. The van der Waals surface area contributed by atoms with Gasteiger partial charge in [0.1, 0.15) is 0 Å². The Morgan fingerprint density at radius 1 is 0.393 bits per heavy atom. The fourth-order valence-electron chi connectivity index (χ4n) is 10.8. The van der Waals surface area contributed by atoms with Crippen LogP contribution in [0.15, 0.2) is 199 Å². The molecule has 12 aromatic rings. The van der Waals surface area contributed by atoms with E-state index in [-0.39, 0.29) is 11.0 Å². The summed E-state index contributed by atoms with van der Waals surface area (Å²) in [5.41, 5.74) is 17.5. The van der Waals surface area contributed by atoms with Gasteiger partial charge < -0.3 is 4.57 Å². The number of hydrogen-bond acceptors (Lipinski definition) is 1. The van der Waals surface area contributed by atoms with Crippen LogP contribution in [-0.4, -0.2) is 8.97 Å². The minimum Gasteiger partial charge on any atom is -0.309 e. The summed E-state index contributed by atoms with van der Waals surface area (Å²) in [7, 11) is 0. The minimum atomic E-state index is -0.0930. The van der Waals surface area contributed by atoms with Crippen LogP contribution in [0.3, 0.4) is 0 Å². The molecule has 3 heterocycles. The Morgan fingerprint density at radius 3 is 1.80 bits per heavy atom. The van der Waals surface area contributed by atoms with Crippen molar-refractivity contribution in [3.05, 3.63) is 216 Å². The number of rotatable bonds is 4. The lowest BCUT2D eigenvalue weighted by Gasteiger charge is -2.21. The third kappa shape index (κ3) is 4.72. The topological polar surface area (TPSA) is 26.4 Å². The molecule has 1 aliphatic carbocycles. The summed E-state index contributed by atoms with van der Waals surface area (Å²) in [4.78, 5) is 14.5. The number of para-hydroxylation sites is 2. The van der Waals surface area contributed by atoms with Crippen LogP contribution in [0.25, 0.3) is 110 Å². The summed E-state index contributed by atoms with van der Waals surface area (Å²) in [6, 6.07) is 70.0. The molecular weight excluding hydrogens is 741 g/mol. The van der Waals surface area contributed by atoms with E-state index in [0.29, 0.717) is 0 Å². The van der Waals surface area contributed by atoms with Crippen LogP contribution >= 0.6 is 0 Å². The van der Waals surface area contributed by atoms with Crippen molar-refractivity contribution in [2.75, 3.05) is 0 Å². The first-order chi connectivity index (χ1) is 29.9. The van der Waals surface area contributed by atoms with E-state index >= 15 is 0 Å². The van der Waals surface area contributed by atoms with Crippen molar-refractivity contribution in [2.45, 2.75) is 19.3 Å². The average molecular weight is 779 g/mol. The predicted octanol–water partition coefficient (Wildman–Crippen LogP) is 14.6. The van der Waals surface area contributed by atoms with Crippen LogP contribution in [0.4, 0.5) is 0 Å². The quantitative estimate of drug-likeness (QED) is 0.163. The summed E-state index contributed by atoms with van der Waals surface area (Å²) in [5, 5.41) is 7.50. The van der Waals surface area contributed by atoms with Gasteiger partial charge >= 0.3 is 0 Å². The Hall–Kier alpha value is -7.75. The first-order valence-electron chi connectivity index (χ1n) is 21.1. The fraction of sp³-hybridized carbons (Fsp3) is 0.0517. The van der Waals surface area contributed by atoms with Gasteiger partial charge in [0, 0.05) is 43.4 Å². The van der Waals surface area contributed by atoms with Gasteiger partial charge in [-0.05, 0) is 116 Å². The highest BCUT2D eigenvalue weighted by molar-refractivity contribution is 6.21. The number of benzene rings is 9. The van der Waals surface area contributed by atoms with Crippen molar-refractivity contribution >= 4 is 59.8 Å². The molecule has 0 unspecified atom stereocenters. The van der Waals surface area contributed by atoms with Crippen molar-refractivity contribution in [3.8, 4) is 50.2 Å².